The summed E-state index contributed by atoms with van der Waals surface area (Å²) in [6, 6.07) is 3.43. The Labute approximate surface area is 104 Å². The molecule has 0 heterocycles. The Kier molecular flexibility index (Phi) is 5.11. The summed E-state index contributed by atoms with van der Waals surface area (Å²) >= 11 is 1.19. The smallest absolute Gasteiger partial charge is 0.323 e. The number of thioether (sulfide) groups is 1. The molecule has 5 nitrogen and oxygen atoms in total. The number of aromatic hydroxyl groups is 2. The van der Waals surface area contributed by atoms with Gasteiger partial charge < -0.3 is 20.7 Å². The quantitative estimate of drug-likeness (QED) is 0.415. The normalized spacial score (nSPS) is 12.1. The van der Waals surface area contributed by atoms with E-state index in [1.54, 1.807) is 6.92 Å². The van der Waals surface area contributed by atoms with Gasteiger partial charge >= 0.3 is 5.97 Å². The van der Waals surface area contributed by atoms with E-state index in [1.165, 1.54) is 30.0 Å². The highest BCUT2D eigenvalue weighted by Gasteiger charge is 2.15. The maximum absolute atomic E-state index is 11.2. The van der Waals surface area contributed by atoms with Crippen LogP contribution in [0, 0.1) is 0 Å². The maximum Gasteiger partial charge on any atom is 0.323 e. The molecule has 17 heavy (non-hydrogen) atoms. The lowest BCUT2D eigenvalue weighted by molar-refractivity contribution is -0.144. The Morgan fingerprint density at radius 2 is 2.24 bits per heavy atom. The van der Waals surface area contributed by atoms with Gasteiger partial charge in [0.2, 0.25) is 0 Å². The first-order chi connectivity index (χ1) is 8.04. The summed E-state index contributed by atoms with van der Waals surface area (Å²) in [6.45, 7) is 1.99. The minimum absolute atomic E-state index is 0.0452. The molecule has 0 bridgehead atoms. The van der Waals surface area contributed by atoms with Crippen LogP contribution in [0.5, 0.6) is 11.5 Å². The maximum atomic E-state index is 11.2. The van der Waals surface area contributed by atoms with Gasteiger partial charge in [0.15, 0.2) is 0 Å². The number of rotatable bonds is 5. The third kappa shape index (κ3) is 4.16. The molecule has 1 aromatic carbocycles. The van der Waals surface area contributed by atoms with E-state index < -0.39 is 12.0 Å². The second kappa shape index (κ2) is 6.36. The molecule has 1 rings (SSSR count). The van der Waals surface area contributed by atoms with E-state index in [0.717, 1.165) is 0 Å². The van der Waals surface area contributed by atoms with E-state index in [2.05, 4.69) is 0 Å². The molecule has 0 fully saturated rings. The van der Waals surface area contributed by atoms with Gasteiger partial charge in [0, 0.05) is 5.75 Å². The summed E-state index contributed by atoms with van der Waals surface area (Å²) in [6.07, 6.45) is 0. The Bertz CT molecular complexity index is 397. The standard InChI is InChI=1S/C11H15NO4S/c1-2-16-11(15)8(12)6-17-10-5-7(13)3-4-9(10)14/h3-5,8,13-14H,2,6,12H2,1H3. The zero-order chi connectivity index (χ0) is 12.8. The van der Waals surface area contributed by atoms with Crippen LogP contribution in [-0.2, 0) is 9.53 Å². The number of benzene rings is 1. The lowest BCUT2D eigenvalue weighted by Gasteiger charge is -2.10. The zero-order valence-corrected chi connectivity index (χ0v) is 10.2. The fourth-order valence-electron chi connectivity index (χ4n) is 1.12. The summed E-state index contributed by atoms with van der Waals surface area (Å²) in [5, 5.41) is 18.7. The molecule has 0 spiro atoms. The van der Waals surface area contributed by atoms with E-state index in [0.29, 0.717) is 4.90 Å². The van der Waals surface area contributed by atoms with Crippen LogP contribution < -0.4 is 5.73 Å². The molecule has 0 aliphatic heterocycles. The molecule has 0 saturated carbocycles. The summed E-state index contributed by atoms with van der Waals surface area (Å²) in [4.78, 5) is 11.7. The van der Waals surface area contributed by atoms with Crippen LogP contribution in [0.15, 0.2) is 23.1 Å². The number of phenolic OH excluding ortho intramolecular Hbond substituents is 2. The van der Waals surface area contributed by atoms with Gasteiger partial charge in [-0.1, -0.05) is 0 Å². The number of hydrogen-bond donors (Lipinski definition) is 3. The van der Waals surface area contributed by atoms with Crippen LogP contribution in [0.1, 0.15) is 6.92 Å². The van der Waals surface area contributed by atoms with Crippen LogP contribution in [0.3, 0.4) is 0 Å². The second-order valence-corrected chi connectivity index (χ2v) is 4.38. The minimum Gasteiger partial charge on any atom is -0.508 e. The van der Waals surface area contributed by atoms with Gasteiger partial charge in [-0.3, -0.25) is 4.79 Å². The highest BCUT2D eigenvalue weighted by molar-refractivity contribution is 7.99. The van der Waals surface area contributed by atoms with Crippen LogP contribution >= 0.6 is 11.8 Å². The lowest BCUT2D eigenvalue weighted by atomic mass is 10.3. The monoisotopic (exact) mass is 257 g/mol. The largest absolute Gasteiger partial charge is 0.508 e. The van der Waals surface area contributed by atoms with Crippen molar-refractivity contribution in [1.82, 2.24) is 0 Å². The van der Waals surface area contributed by atoms with Gasteiger partial charge in [-0.05, 0) is 25.1 Å². The van der Waals surface area contributed by atoms with Gasteiger partial charge in [-0.15, -0.1) is 11.8 Å². The molecule has 1 atom stereocenters. The van der Waals surface area contributed by atoms with Gasteiger partial charge in [0.1, 0.15) is 17.5 Å². The summed E-state index contributed by atoms with van der Waals surface area (Å²) in [5.41, 5.74) is 5.60. The molecule has 0 amide bonds. The Balaban J connectivity index is 2.55. The molecule has 1 aromatic rings. The molecule has 1 unspecified atom stereocenters. The van der Waals surface area contributed by atoms with Crippen molar-refractivity contribution in [3.63, 3.8) is 0 Å². The predicted molar refractivity (Wildman–Crippen MR) is 65.1 cm³/mol. The van der Waals surface area contributed by atoms with Gasteiger partial charge in [0.25, 0.3) is 0 Å². The molecule has 0 radical (unpaired) electrons. The molecule has 94 valence electrons. The fraction of sp³-hybridized carbons (Fsp3) is 0.364. The molecular weight excluding hydrogens is 242 g/mol. The first-order valence-electron chi connectivity index (χ1n) is 5.11. The Morgan fingerprint density at radius 3 is 2.88 bits per heavy atom. The summed E-state index contributed by atoms with van der Waals surface area (Å²) in [5.74, 6) is -0.103. The van der Waals surface area contributed by atoms with Crippen LogP contribution in [0.4, 0.5) is 0 Å². The van der Waals surface area contributed by atoms with E-state index in [-0.39, 0.29) is 23.9 Å². The number of esters is 1. The molecule has 0 saturated heterocycles. The number of carbonyl (C=O) groups is 1. The average molecular weight is 257 g/mol. The van der Waals surface area contributed by atoms with E-state index in [9.17, 15) is 15.0 Å². The van der Waals surface area contributed by atoms with Crippen LogP contribution in [0.25, 0.3) is 0 Å². The van der Waals surface area contributed by atoms with Crippen molar-refractivity contribution < 1.29 is 19.7 Å². The van der Waals surface area contributed by atoms with Crippen LogP contribution in [-0.4, -0.2) is 34.6 Å². The van der Waals surface area contributed by atoms with E-state index in [4.69, 9.17) is 10.5 Å². The van der Waals surface area contributed by atoms with Crippen molar-refractivity contribution in [2.75, 3.05) is 12.4 Å². The zero-order valence-electron chi connectivity index (χ0n) is 9.42. The third-order valence-corrected chi connectivity index (χ3v) is 3.11. The lowest BCUT2D eigenvalue weighted by Crippen LogP contribution is -2.34. The first kappa shape index (κ1) is 13.7. The van der Waals surface area contributed by atoms with Crippen molar-refractivity contribution in [1.29, 1.82) is 0 Å². The van der Waals surface area contributed by atoms with Crippen molar-refractivity contribution in [2.45, 2.75) is 17.9 Å². The Hall–Kier alpha value is -1.40. The highest BCUT2D eigenvalue weighted by atomic mass is 32.2. The summed E-state index contributed by atoms with van der Waals surface area (Å²) in [7, 11) is 0. The minimum atomic E-state index is -0.748. The molecule has 0 aliphatic rings. The van der Waals surface area contributed by atoms with E-state index in [1.807, 2.05) is 0 Å². The van der Waals surface area contributed by atoms with Gasteiger partial charge in [-0.2, -0.15) is 0 Å². The van der Waals surface area contributed by atoms with Crippen molar-refractivity contribution >= 4 is 17.7 Å². The predicted octanol–water partition coefficient (Wildman–Crippen LogP) is 1.08. The van der Waals surface area contributed by atoms with Crippen molar-refractivity contribution in [3.05, 3.63) is 18.2 Å². The van der Waals surface area contributed by atoms with Gasteiger partial charge in [0.05, 0.1) is 11.5 Å². The van der Waals surface area contributed by atoms with Crippen molar-refractivity contribution in [2.24, 2.45) is 5.73 Å². The van der Waals surface area contributed by atoms with E-state index >= 15 is 0 Å². The first-order valence-corrected chi connectivity index (χ1v) is 6.10. The van der Waals surface area contributed by atoms with Crippen LogP contribution in [0.2, 0.25) is 0 Å². The molecule has 0 aromatic heterocycles. The summed E-state index contributed by atoms with van der Waals surface area (Å²) < 4.78 is 4.76. The number of phenols is 2. The number of hydrogen-bond acceptors (Lipinski definition) is 6. The molecule has 0 aliphatic carbocycles. The SMILES string of the molecule is CCOC(=O)C(N)CSc1cc(O)ccc1O. The number of nitrogens with two attached hydrogens (primary N) is 1. The topological polar surface area (TPSA) is 92.8 Å². The molecule has 4 N–H and O–H groups in total. The van der Waals surface area contributed by atoms with Gasteiger partial charge in [-0.25, -0.2) is 0 Å². The second-order valence-electron chi connectivity index (χ2n) is 3.32. The Morgan fingerprint density at radius 1 is 1.53 bits per heavy atom. The number of ether oxygens (including phenoxy) is 1. The van der Waals surface area contributed by atoms with Crippen molar-refractivity contribution in [3.8, 4) is 11.5 Å². The average Bonchev–Trinajstić information content (AvgIpc) is 2.30. The number of carbonyl (C=O) groups excluding carboxylic acids is 1. The highest BCUT2D eigenvalue weighted by Crippen LogP contribution is 2.31. The molecule has 6 heteroatoms. The fourth-order valence-corrected chi connectivity index (χ4v) is 2.03. The third-order valence-electron chi connectivity index (χ3n) is 1.95. The molecular formula is C11H15NO4S.